The van der Waals surface area contributed by atoms with Gasteiger partial charge < -0.3 is 0 Å². The molecule has 0 amide bonds. The monoisotopic (exact) mass is 183 g/mol. The molecule has 1 nitrogen and oxygen atoms in total. The molecule has 0 atom stereocenters. The van der Waals surface area contributed by atoms with E-state index < -0.39 is 0 Å². The lowest BCUT2D eigenvalue weighted by Crippen LogP contribution is -1.88. The van der Waals surface area contributed by atoms with Crippen molar-refractivity contribution in [1.29, 1.82) is 0 Å². The van der Waals surface area contributed by atoms with Gasteiger partial charge in [0.2, 0.25) is 0 Å². The average Bonchev–Trinajstić information content (AvgIpc) is 2.03. The molecule has 0 aliphatic heterocycles. The van der Waals surface area contributed by atoms with E-state index in [0.717, 1.165) is 11.3 Å². The molecule has 0 fully saturated rings. The van der Waals surface area contributed by atoms with E-state index in [4.69, 9.17) is 0 Å². The third kappa shape index (κ3) is 2.34. The van der Waals surface area contributed by atoms with Crippen molar-refractivity contribution in [2.45, 2.75) is 6.92 Å². The van der Waals surface area contributed by atoms with Gasteiger partial charge in [0.1, 0.15) is 5.82 Å². The van der Waals surface area contributed by atoms with Crippen LogP contribution in [0.4, 0.5) is 4.39 Å². The number of pyridine rings is 1. The second-order valence-corrected chi connectivity index (χ2v) is 2.81. The van der Waals surface area contributed by atoms with Gasteiger partial charge in [-0.2, -0.15) is 12.6 Å². The van der Waals surface area contributed by atoms with Crippen molar-refractivity contribution in [3.8, 4) is 0 Å². The van der Waals surface area contributed by atoms with Crippen molar-refractivity contribution in [1.82, 2.24) is 4.98 Å². The molecule has 0 aromatic carbocycles. The lowest BCUT2D eigenvalue weighted by atomic mass is 10.2. The van der Waals surface area contributed by atoms with Crippen LogP contribution in [0.5, 0.6) is 0 Å². The summed E-state index contributed by atoms with van der Waals surface area (Å²) in [6.45, 7) is 1.83. The van der Waals surface area contributed by atoms with Gasteiger partial charge in [0, 0.05) is 5.75 Å². The third-order valence-corrected chi connectivity index (χ3v) is 1.68. The topological polar surface area (TPSA) is 12.9 Å². The number of hydrogen-bond acceptors (Lipinski definition) is 2. The van der Waals surface area contributed by atoms with Crippen molar-refractivity contribution in [2.24, 2.45) is 0 Å². The Bertz CT molecular complexity index is 297. The Labute approximate surface area is 76.7 Å². The van der Waals surface area contributed by atoms with E-state index in [1.807, 2.05) is 19.1 Å². The van der Waals surface area contributed by atoms with Crippen LogP contribution in [0.3, 0.4) is 0 Å². The van der Waals surface area contributed by atoms with Crippen LogP contribution >= 0.6 is 12.6 Å². The highest BCUT2D eigenvalue weighted by Crippen LogP contribution is 2.07. The Balaban J connectivity index is 2.94. The lowest BCUT2D eigenvalue weighted by Gasteiger charge is -1.97. The SMILES string of the molecule is Cc1cc(F)cnc1C=CCS. The minimum atomic E-state index is -0.296. The fourth-order valence-corrected chi connectivity index (χ4v) is 0.995. The number of hydrogen-bond donors (Lipinski definition) is 1. The molecule has 3 heteroatoms. The number of aromatic nitrogens is 1. The standard InChI is InChI=1S/C9H10FNS/c1-7-5-8(10)6-11-9(7)3-2-4-12/h2-3,5-6,12H,4H2,1H3. The molecule has 0 saturated heterocycles. The number of rotatable bonds is 2. The highest BCUT2D eigenvalue weighted by molar-refractivity contribution is 7.80. The van der Waals surface area contributed by atoms with Gasteiger partial charge in [0.15, 0.2) is 0 Å². The summed E-state index contributed by atoms with van der Waals surface area (Å²) in [7, 11) is 0. The van der Waals surface area contributed by atoms with E-state index in [2.05, 4.69) is 17.6 Å². The maximum Gasteiger partial charge on any atom is 0.141 e. The molecule has 0 saturated carbocycles. The summed E-state index contributed by atoms with van der Waals surface area (Å²) in [5.41, 5.74) is 1.64. The molecule has 1 heterocycles. The van der Waals surface area contributed by atoms with Crippen LogP contribution < -0.4 is 0 Å². The first kappa shape index (κ1) is 9.26. The summed E-state index contributed by atoms with van der Waals surface area (Å²) in [5, 5.41) is 0. The molecule has 0 N–H and O–H groups in total. The van der Waals surface area contributed by atoms with Gasteiger partial charge in [-0.3, -0.25) is 4.98 Å². The van der Waals surface area contributed by atoms with Gasteiger partial charge in [-0.25, -0.2) is 4.39 Å². The molecule has 1 rings (SSSR count). The summed E-state index contributed by atoms with van der Waals surface area (Å²) in [6, 6.07) is 1.46. The summed E-state index contributed by atoms with van der Waals surface area (Å²) in [6.07, 6.45) is 4.92. The van der Waals surface area contributed by atoms with Gasteiger partial charge in [-0.1, -0.05) is 6.08 Å². The Hall–Kier alpha value is -0.830. The van der Waals surface area contributed by atoms with Gasteiger partial charge in [-0.05, 0) is 24.6 Å². The first-order valence-electron chi connectivity index (χ1n) is 3.63. The Morgan fingerprint density at radius 3 is 3.00 bits per heavy atom. The van der Waals surface area contributed by atoms with E-state index in [0.29, 0.717) is 5.75 Å². The highest BCUT2D eigenvalue weighted by atomic mass is 32.1. The van der Waals surface area contributed by atoms with Crippen molar-refractivity contribution >= 4 is 18.7 Å². The molecular formula is C9H10FNS. The summed E-state index contributed by atoms with van der Waals surface area (Å²) in [4.78, 5) is 3.92. The zero-order chi connectivity index (χ0) is 8.97. The van der Waals surface area contributed by atoms with E-state index in [9.17, 15) is 4.39 Å². The largest absolute Gasteiger partial charge is 0.254 e. The number of thiol groups is 1. The predicted molar refractivity (Wildman–Crippen MR) is 51.8 cm³/mol. The van der Waals surface area contributed by atoms with Crippen molar-refractivity contribution in [3.63, 3.8) is 0 Å². The molecule has 12 heavy (non-hydrogen) atoms. The van der Waals surface area contributed by atoms with Crippen LogP contribution in [0, 0.1) is 12.7 Å². The van der Waals surface area contributed by atoms with E-state index in [1.165, 1.54) is 12.3 Å². The Morgan fingerprint density at radius 2 is 2.42 bits per heavy atom. The zero-order valence-corrected chi connectivity index (χ0v) is 7.68. The van der Waals surface area contributed by atoms with Gasteiger partial charge in [0.25, 0.3) is 0 Å². The van der Waals surface area contributed by atoms with Gasteiger partial charge in [0.05, 0.1) is 11.9 Å². The molecule has 0 bridgehead atoms. The van der Waals surface area contributed by atoms with Crippen LogP contribution in [-0.4, -0.2) is 10.7 Å². The Morgan fingerprint density at radius 1 is 1.67 bits per heavy atom. The second-order valence-electron chi connectivity index (χ2n) is 2.44. The van der Waals surface area contributed by atoms with Crippen molar-refractivity contribution in [3.05, 3.63) is 35.4 Å². The molecule has 64 valence electrons. The minimum Gasteiger partial charge on any atom is -0.254 e. The zero-order valence-electron chi connectivity index (χ0n) is 6.79. The Kier molecular flexibility index (Phi) is 3.29. The van der Waals surface area contributed by atoms with Crippen LogP contribution in [0.25, 0.3) is 6.08 Å². The number of halogens is 1. The highest BCUT2D eigenvalue weighted by Gasteiger charge is 1.96. The van der Waals surface area contributed by atoms with E-state index in [-0.39, 0.29) is 5.82 Å². The molecule has 0 spiro atoms. The first-order valence-corrected chi connectivity index (χ1v) is 4.27. The summed E-state index contributed by atoms with van der Waals surface area (Å²) < 4.78 is 12.6. The number of aryl methyl sites for hydroxylation is 1. The smallest absolute Gasteiger partial charge is 0.141 e. The normalized spacial score (nSPS) is 10.9. The van der Waals surface area contributed by atoms with Crippen molar-refractivity contribution in [2.75, 3.05) is 5.75 Å². The summed E-state index contributed by atoms with van der Waals surface area (Å²) in [5.74, 6) is 0.369. The van der Waals surface area contributed by atoms with Gasteiger partial charge >= 0.3 is 0 Å². The molecule has 0 unspecified atom stereocenters. The maximum atomic E-state index is 12.6. The van der Waals surface area contributed by atoms with Crippen LogP contribution in [0.15, 0.2) is 18.3 Å². The molecule has 1 aromatic rings. The van der Waals surface area contributed by atoms with E-state index >= 15 is 0 Å². The molecule has 0 radical (unpaired) electrons. The predicted octanol–water partition coefficient (Wildman–Crippen LogP) is 2.47. The number of nitrogens with zero attached hydrogens (tertiary/aromatic N) is 1. The fraction of sp³-hybridized carbons (Fsp3) is 0.222. The second kappa shape index (κ2) is 4.26. The summed E-state index contributed by atoms with van der Waals surface area (Å²) >= 11 is 4.02. The van der Waals surface area contributed by atoms with Crippen LogP contribution in [0.2, 0.25) is 0 Å². The molecular weight excluding hydrogens is 173 g/mol. The average molecular weight is 183 g/mol. The third-order valence-electron chi connectivity index (χ3n) is 1.47. The first-order chi connectivity index (χ1) is 5.74. The van der Waals surface area contributed by atoms with Crippen LogP contribution in [-0.2, 0) is 0 Å². The van der Waals surface area contributed by atoms with Crippen LogP contribution in [0.1, 0.15) is 11.3 Å². The molecule has 0 aliphatic rings. The quantitative estimate of drug-likeness (QED) is 0.695. The molecule has 1 aromatic heterocycles. The minimum absolute atomic E-state index is 0.296. The molecule has 0 aliphatic carbocycles. The fourth-order valence-electron chi connectivity index (χ4n) is 0.890. The lowest BCUT2D eigenvalue weighted by molar-refractivity contribution is 0.619. The van der Waals surface area contributed by atoms with E-state index in [1.54, 1.807) is 0 Å². The van der Waals surface area contributed by atoms with Gasteiger partial charge in [-0.15, -0.1) is 0 Å². The van der Waals surface area contributed by atoms with Crippen molar-refractivity contribution < 1.29 is 4.39 Å². The maximum absolute atomic E-state index is 12.6.